The Kier molecular flexibility index (Phi) is 4.41. The summed E-state index contributed by atoms with van der Waals surface area (Å²) < 4.78 is 72.1. The van der Waals surface area contributed by atoms with Gasteiger partial charge in [0.05, 0.1) is 0 Å². The van der Waals surface area contributed by atoms with Crippen molar-refractivity contribution in [3.63, 3.8) is 0 Å². The highest BCUT2D eigenvalue weighted by Crippen LogP contribution is 2.42. The third-order valence-electron chi connectivity index (χ3n) is 1.75. The topological polar surface area (TPSA) is 32.3 Å². The fourth-order valence-electron chi connectivity index (χ4n) is 0.807. The van der Waals surface area contributed by atoms with Crippen LogP contribution in [0.15, 0.2) is 0 Å². The van der Waals surface area contributed by atoms with E-state index in [0.29, 0.717) is 6.42 Å². The first-order valence-corrected chi connectivity index (χ1v) is 4.13. The minimum absolute atomic E-state index is 0.0333. The summed E-state index contributed by atoms with van der Waals surface area (Å²) in [5, 5.41) is 10.5. The van der Waals surface area contributed by atoms with E-state index in [1.54, 1.807) is 6.92 Å². The second-order valence-electron chi connectivity index (χ2n) is 3.03. The number of hydrogen-bond acceptors (Lipinski definition) is 2. The lowest BCUT2D eigenvalue weighted by molar-refractivity contribution is -0.365. The zero-order valence-electron chi connectivity index (χ0n) is 7.84. The Hall–Kier alpha value is -0.500. The molecule has 15 heavy (non-hydrogen) atoms. The van der Waals surface area contributed by atoms with Gasteiger partial charge in [-0.3, -0.25) is 0 Å². The van der Waals surface area contributed by atoms with Crippen LogP contribution in [0.1, 0.15) is 13.3 Å². The highest BCUT2D eigenvalue weighted by Gasteiger charge is 2.69. The van der Waals surface area contributed by atoms with E-state index in [1.807, 2.05) is 5.32 Å². The molecule has 0 bridgehead atoms. The van der Waals surface area contributed by atoms with E-state index in [2.05, 4.69) is 0 Å². The smallest absolute Gasteiger partial charge is 0.373 e. The van der Waals surface area contributed by atoms with Crippen LogP contribution in [0, 0.1) is 0 Å². The molecule has 92 valence electrons. The molecule has 0 saturated carbocycles. The van der Waals surface area contributed by atoms with Gasteiger partial charge < -0.3 is 10.4 Å². The van der Waals surface area contributed by atoms with Gasteiger partial charge >= 0.3 is 12.4 Å². The second kappa shape index (κ2) is 4.56. The summed E-state index contributed by atoms with van der Waals surface area (Å²) in [5.74, 6) is 0. The first kappa shape index (κ1) is 14.5. The maximum Gasteiger partial charge on any atom is 0.427 e. The summed E-state index contributed by atoms with van der Waals surface area (Å²) >= 11 is 0. The fraction of sp³-hybridized carbons (Fsp3) is 1.00. The van der Waals surface area contributed by atoms with E-state index >= 15 is 0 Å². The quantitative estimate of drug-likeness (QED) is 0.579. The SMILES string of the molecule is CCCNCC(O)(C(F)(F)F)C(F)(F)F. The van der Waals surface area contributed by atoms with Gasteiger partial charge in [-0.2, -0.15) is 26.3 Å². The van der Waals surface area contributed by atoms with Crippen LogP contribution in [0.5, 0.6) is 0 Å². The zero-order valence-corrected chi connectivity index (χ0v) is 7.84. The molecule has 0 aliphatic carbocycles. The average Bonchev–Trinajstić information content (AvgIpc) is 2.00. The van der Waals surface area contributed by atoms with Gasteiger partial charge in [-0.1, -0.05) is 6.92 Å². The minimum atomic E-state index is -5.74. The van der Waals surface area contributed by atoms with Gasteiger partial charge in [-0.05, 0) is 13.0 Å². The predicted molar refractivity (Wildman–Crippen MR) is 40.2 cm³/mol. The van der Waals surface area contributed by atoms with Gasteiger partial charge in [0, 0.05) is 6.54 Å². The first-order chi connectivity index (χ1) is 6.56. The Labute approximate surface area is 82.3 Å². The summed E-state index contributed by atoms with van der Waals surface area (Å²) in [7, 11) is 0. The molecule has 0 fully saturated rings. The van der Waals surface area contributed by atoms with Crippen molar-refractivity contribution in [2.45, 2.75) is 31.3 Å². The fourth-order valence-corrected chi connectivity index (χ4v) is 0.807. The Bertz CT molecular complexity index is 185. The van der Waals surface area contributed by atoms with Crippen LogP contribution < -0.4 is 5.32 Å². The van der Waals surface area contributed by atoms with Gasteiger partial charge in [0.15, 0.2) is 0 Å². The lowest BCUT2D eigenvalue weighted by Gasteiger charge is -2.32. The predicted octanol–water partition coefficient (Wildman–Crippen LogP) is 1.84. The number of alkyl halides is 6. The van der Waals surface area contributed by atoms with Crippen molar-refractivity contribution in [2.75, 3.05) is 13.1 Å². The summed E-state index contributed by atoms with van der Waals surface area (Å²) in [5.41, 5.74) is -4.69. The number of nitrogens with one attached hydrogen (secondary N) is 1. The molecule has 2 nitrogen and oxygen atoms in total. The molecule has 0 aromatic heterocycles. The molecule has 0 aliphatic rings. The summed E-state index contributed by atoms with van der Waals surface area (Å²) in [4.78, 5) is 0. The Morgan fingerprint density at radius 2 is 1.40 bits per heavy atom. The molecule has 0 aliphatic heterocycles. The Morgan fingerprint density at radius 3 is 1.67 bits per heavy atom. The van der Waals surface area contributed by atoms with Crippen LogP contribution in [-0.2, 0) is 0 Å². The lowest BCUT2D eigenvalue weighted by Crippen LogP contribution is -2.62. The van der Waals surface area contributed by atoms with Crippen LogP contribution in [0.25, 0.3) is 0 Å². The number of halogens is 6. The van der Waals surface area contributed by atoms with Crippen molar-refractivity contribution in [3.8, 4) is 0 Å². The molecule has 0 saturated heterocycles. The molecule has 0 amide bonds. The Morgan fingerprint density at radius 1 is 1.00 bits per heavy atom. The molecule has 0 spiro atoms. The second-order valence-corrected chi connectivity index (χ2v) is 3.03. The van der Waals surface area contributed by atoms with E-state index in [-0.39, 0.29) is 6.54 Å². The van der Waals surface area contributed by atoms with E-state index in [4.69, 9.17) is 5.11 Å². The normalized spacial score (nSPS) is 14.4. The largest absolute Gasteiger partial charge is 0.427 e. The molecule has 0 atom stereocenters. The molecular weight excluding hydrogens is 228 g/mol. The maximum absolute atomic E-state index is 12.0. The first-order valence-electron chi connectivity index (χ1n) is 4.13. The van der Waals surface area contributed by atoms with Crippen LogP contribution >= 0.6 is 0 Å². The average molecular weight is 239 g/mol. The lowest BCUT2D eigenvalue weighted by atomic mass is 10.0. The molecule has 0 rings (SSSR count). The van der Waals surface area contributed by atoms with E-state index in [0.717, 1.165) is 0 Å². The highest BCUT2D eigenvalue weighted by atomic mass is 19.4. The van der Waals surface area contributed by atoms with Crippen LogP contribution in [-0.4, -0.2) is 36.1 Å². The highest BCUT2D eigenvalue weighted by molar-refractivity contribution is 4.95. The number of rotatable bonds is 4. The minimum Gasteiger partial charge on any atom is -0.373 e. The molecule has 0 unspecified atom stereocenters. The summed E-state index contributed by atoms with van der Waals surface area (Å²) in [6.45, 7) is -0.0461. The van der Waals surface area contributed by atoms with Crippen molar-refractivity contribution in [3.05, 3.63) is 0 Å². The van der Waals surface area contributed by atoms with Crippen LogP contribution in [0.4, 0.5) is 26.3 Å². The molecule has 2 N–H and O–H groups in total. The number of aliphatic hydroxyl groups is 1. The van der Waals surface area contributed by atoms with Crippen LogP contribution in [0.3, 0.4) is 0 Å². The van der Waals surface area contributed by atoms with Gasteiger partial charge in [0.25, 0.3) is 5.60 Å². The van der Waals surface area contributed by atoms with Crippen molar-refractivity contribution < 1.29 is 31.4 Å². The van der Waals surface area contributed by atoms with Crippen molar-refractivity contribution in [1.82, 2.24) is 5.32 Å². The van der Waals surface area contributed by atoms with E-state index in [9.17, 15) is 26.3 Å². The van der Waals surface area contributed by atoms with Crippen LogP contribution in [0.2, 0.25) is 0 Å². The van der Waals surface area contributed by atoms with Gasteiger partial charge in [-0.25, -0.2) is 0 Å². The third-order valence-corrected chi connectivity index (χ3v) is 1.75. The van der Waals surface area contributed by atoms with E-state index < -0.39 is 24.5 Å². The van der Waals surface area contributed by atoms with Gasteiger partial charge in [-0.15, -0.1) is 0 Å². The van der Waals surface area contributed by atoms with Crippen molar-refractivity contribution in [2.24, 2.45) is 0 Å². The molecule has 0 heterocycles. The Balaban J connectivity index is 4.74. The van der Waals surface area contributed by atoms with E-state index in [1.165, 1.54) is 0 Å². The molecule has 8 heteroatoms. The van der Waals surface area contributed by atoms with Gasteiger partial charge in [0.1, 0.15) is 0 Å². The molecule has 0 aromatic carbocycles. The summed E-state index contributed by atoms with van der Waals surface area (Å²) in [6, 6.07) is 0. The third kappa shape index (κ3) is 3.23. The maximum atomic E-state index is 12.0. The molecule has 0 radical (unpaired) electrons. The molecule has 0 aromatic rings. The standard InChI is InChI=1S/C7H11F6NO/c1-2-3-14-4-5(15,6(8,9)10)7(11,12)13/h14-15H,2-4H2,1H3. The molecular formula is C7H11F6NO. The monoisotopic (exact) mass is 239 g/mol. The zero-order chi connectivity index (χ0) is 12.3. The summed E-state index contributed by atoms with van der Waals surface area (Å²) in [6.07, 6.45) is -11.1. The van der Waals surface area contributed by atoms with Crippen molar-refractivity contribution in [1.29, 1.82) is 0 Å². The van der Waals surface area contributed by atoms with Gasteiger partial charge in [0.2, 0.25) is 0 Å². The number of hydrogen-bond donors (Lipinski definition) is 2. The van der Waals surface area contributed by atoms with Crippen molar-refractivity contribution >= 4 is 0 Å².